The predicted octanol–water partition coefficient (Wildman–Crippen LogP) is 2.23. The Morgan fingerprint density at radius 3 is 2.65 bits per heavy atom. The molecule has 4 nitrogen and oxygen atoms in total. The third-order valence-electron chi connectivity index (χ3n) is 1.86. The molecule has 8 heteroatoms. The van der Waals surface area contributed by atoms with E-state index in [2.05, 4.69) is 25.7 Å². The molecule has 92 valence electrons. The van der Waals surface area contributed by atoms with Crippen LogP contribution in [0.1, 0.15) is 11.1 Å². The zero-order valence-corrected chi connectivity index (χ0v) is 9.85. The molecular weight excluding hydrogens is 305 g/mol. The molecule has 0 aromatic carbocycles. The van der Waals surface area contributed by atoms with E-state index in [-0.39, 0.29) is 17.3 Å². The van der Waals surface area contributed by atoms with Crippen LogP contribution in [0.3, 0.4) is 0 Å². The maximum absolute atomic E-state index is 12.1. The van der Waals surface area contributed by atoms with E-state index in [9.17, 15) is 18.0 Å². The van der Waals surface area contributed by atoms with Gasteiger partial charge in [-0.25, -0.2) is 0 Å². The van der Waals surface area contributed by atoms with Crippen molar-refractivity contribution in [2.45, 2.75) is 18.1 Å². The minimum Gasteiger partial charge on any atom is -0.400 e. The highest BCUT2D eigenvalue weighted by atomic mass is 79.9. The number of H-pyrrole nitrogens is 1. The Kier molecular flexibility index (Phi) is 4.17. The second-order valence-electron chi connectivity index (χ2n) is 2.97. The fraction of sp³-hybridized carbons (Fsp3) is 0.333. The number of aromatic nitrogens is 1. The molecule has 1 heterocycles. The summed E-state index contributed by atoms with van der Waals surface area (Å²) in [6.45, 7) is 0. The van der Waals surface area contributed by atoms with Crippen LogP contribution in [0, 0.1) is 11.3 Å². The number of nitriles is 1. The average Bonchev–Trinajstić information content (AvgIpc) is 2.22. The van der Waals surface area contributed by atoms with Crippen molar-refractivity contribution in [3.8, 4) is 11.8 Å². The van der Waals surface area contributed by atoms with E-state index in [1.54, 1.807) is 6.07 Å². The molecule has 0 saturated carbocycles. The van der Waals surface area contributed by atoms with Crippen molar-refractivity contribution in [2.75, 3.05) is 0 Å². The molecule has 0 atom stereocenters. The fourth-order valence-electron chi connectivity index (χ4n) is 1.20. The topological polar surface area (TPSA) is 65.9 Å². The largest absolute Gasteiger partial charge is 0.573 e. The van der Waals surface area contributed by atoms with Gasteiger partial charge in [0.1, 0.15) is 0 Å². The number of pyridine rings is 1. The SMILES string of the molecule is N#CCc1c(CBr)c[nH]c(=O)c1OC(F)(F)F. The van der Waals surface area contributed by atoms with Crippen molar-refractivity contribution in [1.82, 2.24) is 4.98 Å². The molecule has 1 rings (SSSR count). The van der Waals surface area contributed by atoms with Gasteiger partial charge < -0.3 is 9.72 Å². The normalized spacial score (nSPS) is 11.0. The van der Waals surface area contributed by atoms with E-state index in [0.29, 0.717) is 5.56 Å². The second kappa shape index (κ2) is 5.23. The first-order valence-corrected chi connectivity index (χ1v) is 5.43. The number of nitrogens with zero attached hydrogens (tertiary/aromatic N) is 1. The van der Waals surface area contributed by atoms with Crippen molar-refractivity contribution in [2.24, 2.45) is 0 Å². The standard InChI is InChI=1S/C9H6BrF3N2O2/c10-3-5-4-15-8(16)7(6(5)1-2-14)17-9(11,12)13/h4H,1,3H2,(H,15,16). The number of halogens is 4. The second-order valence-corrected chi connectivity index (χ2v) is 3.53. The van der Waals surface area contributed by atoms with Gasteiger partial charge in [0.15, 0.2) is 5.75 Å². The van der Waals surface area contributed by atoms with Crippen LogP contribution >= 0.6 is 15.9 Å². The van der Waals surface area contributed by atoms with E-state index >= 15 is 0 Å². The molecule has 0 bridgehead atoms. The van der Waals surface area contributed by atoms with Crippen LogP contribution in [0.25, 0.3) is 0 Å². The van der Waals surface area contributed by atoms with E-state index in [1.807, 2.05) is 0 Å². The van der Waals surface area contributed by atoms with Crippen molar-refractivity contribution >= 4 is 15.9 Å². The summed E-state index contributed by atoms with van der Waals surface area (Å²) < 4.78 is 40.0. The van der Waals surface area contributed by atoms with Crippen LogP contribution in [-0.2, 0) is 11.8 Å². The molecular formula is C9H6BrF3N2O2. The molecule has 0 radical (unpaired) electrons. The van der Waals surface area contributed by atoms with Gasteiger partial charge in [-0.05, 0) is 5.56 Å². The van der Waals surface area contributed by atoms with Crippen LogP contribution in [-0.4, -0.2) is 11.3 Å². The van der Waals surface area contributed by atoms with E-state index < -0.39 is 17.7 Å². The first-order chi connectivity index (χ1) is 7.89. The zero-order chi connectivity index (χ0) is 13.1. The van der Waals surface area contributed by atoms with Crippen molar-refractivity contribution in [1.29, 1.82) is 5.26 Å². The van der Waals surface area contributed by atoms with Gasteiger partial charge in [0.2, 0.25) is 0 Å². The maximum atomic E-state index is 12.1. The van der Waals surface area contributed by atoms with Gasteiger partial charge in [0, 0.05) is 17.1 Å². The van der Waals surface area contributed by atoms with Gasteiger partial charge in [-0.3, -0.25) is 4.79 Å². The molecule has 1 N–H and O–H groups in total. The van der Waals surface area contributed by atoms with Crippen molar-refractivity contribution in [3.05, 3.63) is 27.7 Å². The summed E-state index contributed by atoms with van der Waals surface area (Å²) in [6, 6.07) is 1.69. The molecule has 0 spiro atoms. The molecule has 0 fully saturated rings. The summed E-state index contributed by atoms with van der Waals surface area (Å²) >= 11 is 3.05. The Labute approximate surface area is 102 Å². The van der Waals surface area contributed by atoms with Gasteiger partial charge in [-0.1, -0.05) is 15.9 Å². The molecule has 1 aromatic rings. The molecule has 17 heavy (non-hydrogen) atoms. The van der Waals surface area contributed by atoms with Crippen molar-refractivity contribution < 1.29 is 17.9 Å². The van der Waals surface area contributed by atoms with E-state index in [1.165, 1.54) is 6.20 Å². The van der Waals surface area contributed by atoms with Gasteiger partial charge in [-0.2, -0.15) is 5.26 Å². The monoisotopic (exact) mass is 310 g/mol. The quantitative estimate of drug-likeness (QED) is 0.871. The molecule has 0 unspecified atom stereocenters. The highest BCUT2D eigenvalue weighted by Crippen LogP contribution is 2.26. The number of alkyl halides is 4. The maximum Gasteiger partial charge on any atom is 0.573 e. The van der Waals surface area contributed by atoms with E-state index in [0.717, 1.165) is 0 Å². The van der Waals surface area contributed by atoms with Crippen LogP contribution < -0.4 is 10.3 Å². The number of hydrogen-bond donors (Lipinski definition) is 1. The van der Waals surface area contributed by atoms with Crippen LogP contribution in [0.5, 0.6) is 5.75 Å². The Bertz CT molecular complexity index is 504. The van der Waals surface area contributed by atoms with Gasteiger partial charge in [0.05, 0.1) is 12.5 Å². The van der Waals surface area contributed by atoms with Gasteiger partial charge in [0.25, 0.3) is 5.56 Å². The number of nitrogens with one attached hydrogen (secondary N) is 1. The Morgan fingerprint density at radius 1 is 1.53 bits per heavy atom. The van der Waals surface area contributed by atoms with Gasteiger partial charge >= 0.3 is 6.36 Å². The smallest absolute Gasteiger partial charge is 0.400 e. The number of rotatable bonds is 3. The summed E-state index contributed by atoms with van der Waals surface area (Å²) in [5.74, 6) is -0.879. The van der Waals surface area contributed by atoms with Crippen LogP contribution in [0.2, 0.25) is 0 Å². The number of hydrogen-bond acceptors (Lipinski definition) is 3. The summed E-state index contributed by atoms with van der Waals surface area (Å²) in [5, 5.41) is 8.74. The lowest BCUT2D eigenvalue weighted by atomic mass is 10.1. The zero-order valence-electron chi connectivity index (χ0n) is 8.27. The fourth-order valence-corrected chi connectivity index (χ4v) is 1.70. The Hall–Kier alpha value is -1.49. The van der Waals surface area contributed by atoms with E-state index in [4.69, 9.17) is 5.26 Å². The molecule has 1 aromatic heterocycles. The minimum atomic E-state index is -4.97. The Morgan fingerprint density at radius 2 is 2.18 bits per heavy atom. The summed E-state index contributed by atoms with van der Waals surface area (Å²) in [6.07, 6.45) is -4.06. The summed E-state index contributed by atoms with van der Waals surface area (Å²) in [4.78, 5) is 13.4. The first kappa shape index (κ1) is 13.6. The molecule has 0 aliphatic rings. The lowest BCUT2D eigenvalue weighted by Gasteiger charge is -2.12. The average molecular weight is 311 g/mol. The lowest BCUT2D eigenvalue weighted by molar-refractivity contribution is -0.275. The molecule has 0 saturated heterocycles. The first-order valence-electron chi connectivity index (χ1n) is 4.31. The minimum absolute atomic E-state index is 0.0644. The highest BCUT2D eigenvalue weighted by Gasteiger charge is 2.34. The lowest BCUT2D eigenvalue weighted by Crippen LogP contribution is -2.24. The summed E-state index contributed by atoms with van der Waals surface area (Å²) in [7, 11) is 0. The molecule has 0 aliphatic carbocycles. The van der Waals surface area contributed by atoms with Crippen LogP contribution in [0.4, 0.5) is 13.2 Å². The molecule has 0 aliphatic heterocycles. The summed E-state index contributed by atoms with van der Waals surface area (Å²) in [5.41, 5.74) is -0.715. The highest BCUT2D eigenvalue weighted by molar-refractivity contribution is 9.08. The predicted molar refractivity (Wildman–Crippen MR) is 55.7 cm³/mol. The molecule has 0 amide bonds. The third kappa shape index (κ3) is 3.49. The van der Waals surface area contributed by atoms with Crippen molar-refractivity contribution in [3.63, 3.8) is 0 Å². The Balaban J connectivity index is 3.35. The van der Waals surface area contributed by atoms with Gasteiger partial charge in [-0.15, -0.1) is 13.2 Å². The number of ether oxygens (including phenoxy) is 1. The van der Waals surface area contributed by atoms with Crippen LogP contribution in [0.15, 0.2) is 11.0 Å². The number of aromatic amines is 1. The third-order valence-corrected chi connectivity index (χ3v) is 2.47.